The average Bonchev–Trinajstić information content (AvgIpc) is 3.00. The van der Waals surface area contributed by atoms with E-state index in [1.165, 1.54) is 0 Å². The molecule has 0 amide bonds. The van der Waals surface area contributed by atoms with Crippen LogP contribution in [-0.4, -0.2) is 34.4 Å². The molecule has 0 bridgehead atoms. The highest BCUT2D eigenvalue weighted by Crippen LogP contribution is 2.31. The van der Waals surface area contributed by atoms with Gasteiger partial charge in [0.25, 0.3) is 5.56 Å². The summed E-state index contributed by atoms with van der Waals surface area (Å²) in [5.74, 6) is -0.564. The second-order valence-electron chi connectivity index (χ2n) is 7.09. The second kappa shape index (κ2) is 9.61. The van der Waals surface area contributed by atoms with E-state index in [2.05, 4.69) is 20.0 Å². The van der Waals surface area contributed by atoms with Crippen LogP contribution in [0.4, 0.5) is 0 Å². The van der Waals surface area contributed by atoms with Crippen LogP contribution in [0.25, 0.3) is 11.4 Å². The van der Waals surface area contributed by atoms with Crippen LogP contribution in [0.2, 0.25) is 5.02 Å². The third-order valence-electron chi connectivity index (χ3n) is 5.07. The molecular weight excluding hydrogens is 431 g/mol. The number of aromatic amines is 1. The molecule has 3 heterocycles. The summed E-state index contributed by atoms with van der Waals surface area (Å²) in [6, 6.07) is 9.23. The number of pyridine rings is 1. The summed E-state index contributed by atoms with van der Waals surface area (Å²) in [6.07, 6.45) is 1.54. The molecule has 1 saturated heterocycles. The maximum atomic E-state index is 13.0. The quantitative estimate of drug-likeness (QED) is 0.630. The van der Waals surface area contributed by atoms with Gasteiger partial charge in [-0.25, -0.2) is 4.79 Å². The number of hydrogen-bond acceptors (Lipinski definition) is 6. The van der Waals surface area contributed by atoms with E-state index in [0.29, 0.717) is 24.7 Å². The number of H-pyrrole nitrogens is 1. The lowest BCUT2D eigenvalue weighted by molar-refractivity contribution is 0.0250. The lowest BCUT2D eigenvalue weighted by Gasteiger charge is -2.26. The van der Waals surface area contributed by atoms with E-state index in [0.717, 1.165) is 17.7 Å². The number of halogens is 2. The van der Waals surface area contributed by atoms with Crippen LogP contribution in [0.5, 0.6) is 0 Å². The molecule has 0 radical (unpaired) electrons. The molecule has 1 aliphatic rings. The molecule has 2 N–H and O–H groups in total. The Hall–Kier alpha value is -2.39. The minimum Gasteiger partial charge on any atom is -0.372 e. The predicted molar refractivity (Wildman–Crippen MR) is 115 cm³/mol. The number of aryl methyl sites for hydroxylation is 1. The van der Waals surface area contributed by atoms with Crippen molar-refractivity contribution in [3.8, 4) is 11.4 Å². The first kappa shape index (κ1) is 22.3. The van der Waals surface area contributed by atoms with E-state index in [4.69, 9.17) is 16.3 Å². The first-order chi connectivity index (χ1) is 14.0. The number of nitrogens with zero attached hydrogens (tertiary/aromatic N) is 2. The molecule has 1 aromatic carbocycles. The zero-order valence-electron chi connectivity index (χ0n) is 16.3. The number of nitrogens with one attached hydrogen (secondary N) is 2. The van der Waals surface area contributed by atoms with Gasteiger partial charge in [-0.05, 0) is 36.2 Å². The van der Waals surface area contributed by atoms with Crippen LogP contribution in [0.3, 0.4) is 0 Å². The molecular formula is C20H22Cl2N4O4. The summed E-state index contributed by atoms with van der Waals surface area (Å²) in [5.41, 5.74) is 2.04. The highest BCUT2D eigenvalue weighted by atomic mass is 35.5. The van der Waals surface area contributed by atoms with Gasteiger partial charge in [0.15, 0.2) is 5.82 Å². The van der Waals surface area contributed by atoms with Crippen LogP contribution in [-0.2, 0) is 11.3 Å². The van der Waals surface area contributed by atoms with E-state index < -0.39 is 5.76 Å². The molecule has 0 unspecified atom stereocenters. The minimum atomic E-state index is -0.700. The zero-order valence-corrected chi connectivity index (χ0v) is 17.8. The van der Waals surface area contributed by atoms with Gasteiger partial charge in [-0.1, -0.05) is 28.9 Å². The third kappa shape index (κ3) is 4.67. The maximum Gasteiger partial charge on any atom is 0.439 e. The maximum absolute atomic E-state index is 13.0. The largest absolute Gasteiger partial charge is 0.439 e. The number of hydrogen-bond donors (Lipinski definition) is 2. The topological polar surface area (TPSA) is 102 Å². The molecule has 0 aliphatic carbocycles. The van der Waals surface area contributed by atoms with Crippen LogP contribution >= 0.6 is 24.0 Å². The first-order valence-electron chi connectivity index (χ1n) is 9.37. The van der Waals surface area contributed by atoms with Gasteiger partial charge in [-0.15, -0.1) is 12.4 Å². The molecule has 10 heteroatoms. The smallest absolute Gasteiger partial charge is 0.372 e. The Balaban J connectivity index is 0.00000256. The van der Waals surface area contributed by atoms with Crippen LogP contribution in [0.1, 0.15) is 17.2 Å². The fourth-order valence-electron chi connectivity index (χ4n) is 3.62. The van der Waals surface area contributed by atoms with Crippen LogP contribution < -0.4 is 16.6 Å². The Morgan fingerprint density at radius 3 is 2.87 bits per heavy atom. The van der Waals surface area contributed by atoms with Crippen molar-refractivity contribution in [2.75, 3.05) is 19.7 Å². The van der Waals surface area contributed by atoms with Crippen molar-refractivity contribution in [3.05, 3.63) is 73.6 Å². The standard InChI is InChI=1S/C20H21ClN4O4.ClH/c1-12-9-13(4-5-16(12)21)17-14(10-22-6-8-28-17)11-25-7-2-3-15(19(25)26)18-23-20(27)29-24-18;/h2-5,7,9,14,17,22H,6,8,10-11H2,1H3,(H,23,24,27);1H/t14-,17-;/m1./s1. The molecule has 8 nitrogen and oxygen atoms in total. The van der Waals surface area contributed by atoms with Gasteiger partial charge in [-0.3, -0.25) is 14.3 Å². The van der Waals surface area contributed by atoms with Gasteiger partial charge in [0.1, 0.15) is 0 Å². The molecule has 1 fully saturated rings. The van der Waals surface area contributed by atoms with E-state index in [9.17, 15) is 9.59 Å². The summed E-state index contributed by atoms with van der Waals surface area (Å²) in [5, 5.41) is 7.71. The summed E-state index contributed by atoms with van der Waals surface area (Å²) < 4.78 is 12.3. The third-order valence-corrected chi connectivity index (χ3v) is 5.49. The van der Waals surface area contributed by atoms with Gasteiger partial charge < -0.3 is 14.6 Å². The fraction of sp³-hybridized carbons (Fsp3) is 0.350. The lowest BCUT2D eigenvalue weighted by Crippen LogP contribution is -2.32. The summed E-state index contributed by atoms with van der Waals surface area (Å²) in [4.78, 5) is 26.6. The molecule has 2 atom stereocenters. The molecule has 4 rings (SSSR count). The summed E-state index contributed by atoms with van der Waals surface area (Å²) in [6.45, 7) is 4.42. The second-order valence-corrected chi connectivity index (χ2v) is 7.49. The van der Waals surface area contributed by atoms with Gasteiger partial charge in [0.2, 0.25) is 0 Å². The zero-order chi connectivity index (χ0) is 20.4. The molecule has 1 aliphatic heterocycles. The van der Waals surface area contributed by atoms with Crippen molar-refractivity contribution in [1.82, 2.24) is 20.0 Å². The normalized spacial score (nSPS) is 19.1. The minimum absolute atomic E-state index is 0. The van der Waals surface area contributed by atoms with Crippen molar-refractivity contribution < 1.29 is 9.26 Å². The highest BCUT2D eigenvalue weighted by molar-refractivity contribution is 6.31. The van der Waals surface area contributed by atoms with Gasteiger partial charge in [0.05, 0.1) is 18.3 Å². The molecule has 2 aromatic heterocycles. The highest BCUT2D eigenvalue weighted by Gasteiger charge is 2.27. The SMILES string of the molecule is Cc1cc([C@H]2OCCNC[C@@H]2Cn2cccc(-c3noc(=O)[nH]3)c2=O)ccc1Cl.Cl. The number of rotatable bonds is 4. The predicted octanol–water partition coefficient (Wildman–Crippen LogP) is 2.55. The molecule has 3 aromatic rings. The van der Waals surface area contributed by atoms with Crippen LogP contribution in [0, 0.1) is 12.8 Å². The van der Waals surface area contributed by atoms with Gasteiger partial charge >= 0.3 is 5.76 Å². The molecule has 0 saturated carbocycles. The van der Waals surface area contributed by atoms with Crippen LogP contribution in [0.15, 0.2) is 50.6 Å². The van der Waals surface area contributed by atoms with E-state index in [1.54, 1.807) is 22.9 Å². The van der Waals surface area contributed by atoms with Crippen molar-refractivity contribution in [3.63, 3.8) is 0 Å². The Morgan fingerprint density at radius 1 is 1.30 bits per heavy atom. The van der Waals surface area contributed by atoms with Crippen molar-refractivity contribution in [2.45, 2.75) is 19.6 Å². The van der Waals surface area contributed by atoms with E-state index in [1.807, 2.05) is 25.1 Å². The van der Waals surface area contributed by atoms with Crippen molar-refractivity contribution in [1.29, 1.82) is 0 Å². The monoisotopic (exact) mass is 452 g/mol. The van der Waals surface area contributed by atoms with Crippen molar-refractivity contribution in [2.24, 2.45) is 5.92 Å². The van der Waals surface area contributed by atoms with E-state index >= 15 is 0 Å². The number of ether oxygens (including phenoxy) is 1. The Morgan fingerprint density at radius 2 is 2.13 bits per heavy atom. The van der Waals surface area contributed by atoms with Gasteiger partial charge in [0, 0.05) is 36.8 Å². The molecule has 30 heavy (non-hydrogen) atoms. The Kier molecular flexibility index (Phi) is 7.14. The average molecular weight is 453 g/mol. The molecule has 160 valence electrons. The van der Waals surface area contributed by atoms with Gasteiger partial charge in [-0.2, -0.15) is 0 Å². The fourth-order valence-corrected chi connectivity index (χ4v) is 3.74. The number of benzene rings is 1. The summed E-state index contributed by atoms with van der Waals surface area (Å²) in [7, 11) is 0. The Labute approximate surface area is 183 Å². The molecule has 0 spiro atoms. The first-order valence-corrected chi connectivity index (χ1v) is 9.75. The lowest BCUT2D eigenvalue weighted by atomic mass is 9.94. The number of aromatic nitrogens is 3. The van der Waals surface area contributed by atoms with E-state index in [-0.39, 0.29) is 41.4 Å². The summed E-state index contributed by atoms with van der Waals surface area (Å²) >= 11 is 6.18. The van der Waals surface area contributed by atoms with Crippen molar-refractivity contribution >= 4 is 24.0 Å². The Bertz CT molecular complexity index is 1120.